The molecule has 0 bridgehead atoms. The average molecular weight is 495 g/mol. The van der Waals surface area contributed by atoms with Crippen molar-refractivity contribution in [2.24, 2.45) is 0 Å². The Morgan fingerprint density at radius 2 is 1.78 bits per heavy atom. The van der Waals surface area contributed by atoms with E-state index in [0.29, 0.717) is 43.1 Å². The number of ketones is 1. The van der Waals surface area contributed by atoms with Crippen LogP contribution in [0, 0.1) is 5.82 Å². The smallest absolute Gasteiger partial charge is 0.414 e. The molecule has 2 saturated heterocycles. The van der Waals surface area contributed by atoms with Crippen LogP contribution in [0.5, 0.6) is 0 Å². The third kappa shape index (κ3) is 5.88. The van der Waals surface area contributed by atoms with Crippen molar-refractivity contribution < 1.29 is 28.3 Å². The SMILES string of the molecule is CC(=O)NC[C@H]1CN(c2ccc(N3CCN(C(=O)/C=C/C(=O)c4ccccc4)CC3)c(F)c2)C(=O)O1. The molecule has 0 radical (unpaired) electrons. The molecule has 1 N–H and O–H groups in total. The molecule has 0 spiro atoms. The Morgan fingerprint density at radius 3 is 2.44 bits per heavy atom. The van der Waals surface area contributed by atoms with Crippen molar-refractivity contribution in [2.45, 2.75) is 13.0 Å². The van der Waals surface area contributed by atoms with Gasteiger partial charge in [-0.15, -0.1) is 0 Å². The number of piperazine rings is 1. The highest BCUT2D eigenvalue weighted by Gasteiger charge is 2.33. The first-order valence-corrected chi connectivity index (χ1v) is 11.7. The number of carbonyl (C=O) groups excluding carboxylic acids is 4. The fourth-order valence-electron chi connectivity index (χ4n) is 4.14. The first kappa shape index (κ1) is 24.9. The number of nitrogens with zero attached hydrogens (tertiary/aromatic N) is 3. The van der Waals surface area contributed by atoms with E-state index in [1.165, 1.54) is 30.0 Å². The first-order valence-electron chi connectivity index (χ1n) is 11.7. The molecule has 0 saturated carbocycles. The molecule has 1 atom stereocenters. The lowest BCUT2D eigenvalue weighted by atomic mass is 10.1. The number of rotatable bonds is 7. The lowest BCUT2D eigenvalue weighted by molar-refractivity contribution is -0.126. The van der Waals surface area contributed by atoms with E-state index >= 15 is 0 Å². The van der Waals surface area contributed by atoms with E-state index in [1.807, 2.05) is 11.0 Å². The second-order valence-corrected chi connectivity index (χ2v) is 8.57. The maximum absolute atomic E-state index is 15.0. The number of nitrogens with one attached hydrogen (secondary N) is 1. The zero-order valence-corrected chi connectivity index (χ0v) is 19.9. The zero-order chi connectivity index (χ0) is 25.7. The second kappa shape index (κ2) is 11.0. The summed E-state index contributed by atoms with van der Waals surface area (Å²) in [6.45, 7) is 3.39. The summed E-state index contributed by atoms with van der Waals surface area (Å²) in [5, 5.41) is 2.60. The maximum Gasteiger partial charge on any atom is 0.414 e. The van der Waals surface area contributed by atoms with Gasteiger partial charge in [0.1, 0.15) is 11.9 Å². The quantitative estimate of drug-likeness (QED) is 0.469. The summed E-state index contributed by atoms with van der Waals surface area (Å²) >= 11 is 0. The first-order chi connectivity index (χ1) is 17.3. The summed E-state index contributed by atoms with van der Waals surface area (Å²) in [6, 6.07) is 13.2. The Hall–Kier alpha value is -4.21. The van der Waals surface area contributed by atoms with E-state index in [2.05, 4.69) is 5.32 Å². The molecule has 2 aromatic carbocycles. The molecular formula is C26H27FN4O5. The van der Waals surface area contributed by atoms with Crippen LogP contribution in [0.4, 0.5) is 20.6 Å². The molecule has 0 aromatic heterocycles. The Morgan fingerprint density at radius 1 is 1.06 bits per heavy atom. The molecule has 2 fully saturated rings. The highest BCUT2D eigenvalue weighted by atomic mass is 19.1. The van der Waals surface area contributed by atoms with Crippen LogP contribution in [-0.4, -0.2) is 74.0 Å². The largest absolute Gasteiger partial charge is 0.442 e. The predicted octanol–water partition coefficient (Wildman–Crippen LogP) is 2.37. The highest BCUT2D eigenvalue weighted by molar-refractivity contribution is 6.07. The van der Waals surface area contributed by atoms with Crippen molar-refractivity contribution in [1.82, 2.24) is 10.2 Å². The van der Waals surface area contributed by atoms with Gasteiger partial charge in [-0.05, 0) is 24.3 Å². The van der Waals surface area contributed by atoms with Gasteiger partial charge in [0.2, 0.25) is 11.8 Å². The number of carbonyl (C=O) groups is 4. The van der Waals surface area contributed by atoms with Gasteiger partial charge in [-0.25, -0.2) is 9.18 Å². The normalized spacial score (nSPS) is 17.9. The number of ether oxygens (including phenoxy) is 1. The van der Waals surface area contributed by atoms with E-state index in [-0.39, 0.29) is 30.7 Å². The Labute approximate surface area is 208 Å². The molecule has 2 aromatic rings. The highest BCUT2D eigenvalue weighted by Crippen LogP contribution is 2.28. The summed E-state index contributed by atoms with van der Waals surface area (Å²) in [5.74, 6) is -1.22. The predicted molar refractivity (Wildman–Crippen MR) is 131 cm³/mol. The number of hydrogen-bond donors (Lipinski definition) is 1. The van der Waals surface area contributed by atoms with E-state index in [9.17, 15) is 23.6 Å². The molecule has 2 heterocycles. The molecule has 0 aliphatic carbocycles. The maximum atomic E-state index is 15.0. The van der Waals surface area contributed by atoms with Gasteiger partial charge in [0.15, 0.2) is 5.78 Å². The number of allylic oxidation sites excluding steroid dienone is 1. The van der Waals surface area contributed by atoms with Crippen molar-refractivity contribution in [3.8, 4) is 0 Å². The summed E-state index contributed by atoms with van der Waals surface area (Å²) in [5.41, 5.74) is 1.26. The molecule has 10 heteroatoms. The minimum Gasteiger partial charge on any atom is -0.442 e. The second-order valence-electron chi connectivity index (χ2n) is 8.57. The van der Waals surface area contributed by atoms with E-state index in [1.54, 1.807) is 41.3 Å². The van der Waals surface area contributed by atoms with Gasteiger partial charge in [-0.2, -0.15) is 0 Å². The van der Waals surface area contributed by atoms with Gasteiger partial charge >= 0.3 is 6.09 Å². The Bertz CT molecular complexity index is 1180. The fraction of sp³-hybridized carbons (Fsp3) is 0.308. The van der Waals surface area contributed by atoms with Crippen LogP contribution in [-0.2, 0) is 14.3 Å². The Balaban J connectivity index is 1.32. The van der Waals surface area contributed by atoms with E-state index < -0.39 is 18.0 Å². The molecule has 9 nitrogen and oxygen atoms in total. The van der Waals surface area contributed by atoms with Crippen LogP contribution in [0.15, 0.2) is 60.7 Å². The third-order valence-electron chi connectivity index (χ3n) is 6.06. The van der Waals surface area contributed by atoms with E-state index in [0.717, 1.165) is 0 Å². The van der Waals surface area contributed by atoms with Gasteiger partial charge < -0.3 is 19.9 Å². The summed E-state index contributed by atoms with van der Waals surface area (Å²) in [4.78, 5) is 52.7. The summed E-state index contributed by atoms with van der Waals surface area (Å²) < 4.78 is 20.2. The molecule has 4 rings (SSSR count). The number of anilines is 2. The third-order valence-corrected chi connectivity index (χ3v) is 6.06. The monoisotopic (exact) mass is 494 g/mol. The molecule has 36 heavy (non-hydrogen) atoms. The minimum atomic E-state index is -0.594. The lowest BCUT2D eigenvalue weighted by Gasteiger charge is -2.36. The van der Waals surface area contributed by atoms with Gasteiger partial charge in [0.05, 0.1) is 24.5 Å². The topological polar surface area (TPSA) is 99.3 Å². The molecule has 2 aliphatic heterocycles. The van der Waals surface area contributed by atoms with Crippen molar-refractivity contribution in [3.05, 3.63) is 72.1 Å². The summed E-state index contributed by atoms with van der Waals surface area (Å²) in [7, 11) is 0. The number of cyclic esters (lactones) is 1. The van der Waals surface area contributed by atoms with Crippen LogP contribution in [0.3, 0.4) is 0 Å². The summed E-state index contributed by atoms with van der Waals surface area (Å²) in [6.07, 6.45) is 1.44. The molecule has 2 aliphatic rings. The van der Waals surface area contributed by atoms with Gasteiger partial charge in [-0.3, -0.25) is 19.3 Å². The average Bonchev–Trinajstić information content (AvgIpc) is 3.26. The van der Waals surface area contributed by atoms with Crippen LogP contribution in [0.2, 0.25) is 0 Å². The van der Waals surface area contributed by atoms with Crippen LogP contribution < -0.4 is 15.1 Å². The number of benzene rings is 2. The number of halogens is 1. The lowest BCUT2D eigenvalue weighted by Crippen LogP contribution is -2.48. The Kier molecular flexibility index (Phi) is 7.62. The van der Waals surface area contributed by atoms with E-state index in [4.69, 9.17) is 4.74 Å². The van der Waals surface area contributed by atoms with Crippen molar-refractivity contribution in [3.63, 3.8) is 0 Å². The van der Waals surface area contributed by atoms with Crippen molar-refractivity contribution in [1.29, 1.82) is 0 Å². The standard InChI is InChI=1S/C26H27FN4O5/c1-18(32)28-16-21-17-31(26(35)36-21)20-7-8-23(22(27)15-20)29-11-13-30(14-12-29)25(34)10-9-24(33)19-5-3-2-4-6-19/h2-10,15,21H,11-14,16-17H2,1H3,(H,28,32)/b10-9+/t21-/m0/s1. The minimum absolute atomic E-state index is 0.191. The van der Waals surface area contributed by atoms with Gasteiger partial charge in [0, 0.05) is 44.7 Å². The molecule has 0 unspecified atom stereocenters. The van der Waals surface area contributed by atoms with Gasteiger partial charge in [-0.1, -0.05) is 30.3 Å². The van der Waals surface area contributed by atoms with Crippen LogP contribution >= 0.6 is 0 Å². The van der Waals surface area contributed by atoms with Crippen molar-refractivity contribution in [2.75, 3.05) is 49.1 Å². The van der Waals surface area contributed by atoms with Crippen LogP contribution in [0.25, 0.3) is 0 Å². The molecule has 3 amide bonds. The van der Waals surface area contributed by atoms with Gasteiger partial charge in [0.25, 0.3) is 0 Å². The molecular weight excluding hydrogens is 467 g/mol. The number of hydrogen-bond acceptors (Lipinski definition) is 6. The zero-order valence-electron chi connectivity index (χ0n) is 19.9. The van der Waals surface area contributed by atoms with Crippen molar-refractivity contribution >= 4 is 35.1 Å². The van der Waals surface area contributed by atoms with Crippen LogP contribution in [0.1, 0.15) is 17.3 Å². The number of amides is 3. The fourth-order valence-corrected chi connectivity index (χ4v) is 4.14. The molecule has 188 valence electrons.